The summed E-state index contributed by atoms with van der Waals surface area (Å²) in [7, 11) is 1.64. The number of unbranched alkanes of at least 4 members (excludes halogenated alkanes) is 1. The van der Waals surface area contributed by atoms with Crippen LogP contribution in [0, 0.1) is 23.2 Å². The number of ether oxygens (including phenoxy) is 1. The minimum Gasteiger partial charge on any atom is -0.497 e. The molecule has 2 N–H and O–H groups in total. The van der Waals surface area contributed by atoms with Crippen molar-refractivity contribution >= 4 is 33.3 Å². The van der Waals surface area contributed by atoms with Crippen LogP contribution in [0.5, 0.6) is 5.75 Å². The Morgan fingerprint density at radius 2 is 2.09 bits per heavy atom. The molecule has 2 aromatic rings. The van der Waals surface area contributed by atoms with Gasteiger partial charge in [-0.05, 0) is 73.5 Å². The van der Waals surface area contributed by atoms with Crippen LogP contribution >= 0.6 is 11.3 Å². The van der Waals surface area contributed by atoms with Gasteiger partial charge in [-0.3, -0.25) is 9.59 Å². The molecule has 2 bridgehead atoms. The van der Waals surface area contributed by atoms with Crippen LogP contribution < -0.4 is 10.1 Å². The normalized spacial score (nSPS) is 26.1. The molecule has 6 heteroatoms. The summed E-state index contributed by atoms with van der Waals surface area (Å²) in [6, 6.07) is 6.05. The maximum Gasteiger partial charge on any atom is 0.303 e. The molecular formula is C26H33NO4S. The number of fused-ring (bicyclic) bond motifs is 3. The van der Waals surface area contributed by atoms with Crippen LogP contribution in [0.3, 0.4) is 0 Å². The van der Waals surface area contributed by atoms with Gasteiger partial charge in [-0.15, -0.1) is 11.3 Å². The average Bonchev–Trinajstić information content (AvgIpc) is 3.19. The number of hydrogen-bond donors (Lipinski definition) is 2. The van der Waals surface area contributed by atoms with Crippen molar-refractivity contribution in [2.75, 3.05) is 7.11 Å². The minimum atomic E-state index is -0.741. The molecule has 4 atom stereocenters. The first-order chi connectivity index (χ1) is 15.3. The van der Waals surface area contributed by atoms with E-state index in [1.807, 2.05) is 23.6 Å². The lowest BCUT2D eigenvalue weighted by Gasteiger charge is -2.62. The van der Waals surface area contributed by atoms with Crippen LogP contribution in [0.4, 0.5) is 0 Å². The van der Waals surface area contributed by atoms with E-state index in [4.69, 9.17) is 9.84 Å². The Morgan fingerprint density at radius 1 is 1.28 bits per heavy atom. The van der Waals surface area contributed by atoms with Gasteiger partial charge < -0.3 is 15.2 Å². The summed E-state index contributed by atoms with van der Waals surface area (Å²) in [5, 5.41) is 15.1. The number of hydrogen-bond acceptors (Lipinski definition) is 4. The third kappa shape index (κ3) is 4.42. The highest BCUT2D eigenvalue weighted by molar-refractivity contribution is 7.17. The van der Waals surface area contributed by atoms with E-state index in [1.54, 1.807) is 18.4 Å². The lowest BCUT2D eigenvalue weighted by Crippen LogP contribution is -2.61. The highest BCUT2D eigenvalue weighted by atomic mass is 32.1. The first-order valence-electron chi connectivity index (χ1n) is 11.5. The maximum absolute atomic E-state index is 13.3. The summed E-state index contributed by atoms with van der Waals surface area (Å²) in [4.78, 5) is 24.0. The van der Waals surface area contributed by atoms with Crippen molar-refractivity contribution in [1.82, 2.24) is 5.32 Å². The van der Waals surface area contributed by atoms with Crippen molar-refractivity contribution in [1.29, 1.82) is 0 Å². The van der Waals surface area contributed by atoms with Crippen LogP contribution in [-0.4, -0.2) is 30.1 Å². The monoisotopic (exact) mass is 455 g/mol. The first kappa shape index (κ1) is 22.8. The van der Waals surface area contributed by atoms with E-state index in [1.165, 1.54) is 6.42 Å². The van der Waals surface area contributed by atoms with Gasteiger partial charge in [0, 0.05) is 27.9 Å². The van der Waals surface area contributed by atoms with E-state index in [2.05, 4.69) is 31.3 Å². The third-order valence-electron chi connectivity index (χ3n) is 7.80. The number of carbonyl (C=O) groups excluding carboxylic acids is 1. The largest absolute Gasteiger partial charge is 0.497 e. The number of carboxylic acid groups (broad SMARTS) is 1. The smallest absolute Gasteiger partial charge is 0.303 e. The number of amides is 1. The Labute approximate surface area is 193 Å². The molecule has 1 amide bonds. The molecule has 1 heterocycles. The zero-order chi connectivity index (χ0) is 22.9. The Hall–Kier alpha value is -2.34. The molecule has 172 valence electrons. The van der Waals surface area contributed by atoms with E-state index in [0.29, 0.717) is 29.6 Å². The Kier molecular flexibility index (Phi) is 6.61. The molecule has 5 rings (SSSR count). The summed E-state index contributed by atoms with van der Waals surface area (Å²) in [6.45, 7) is 4.73. The van der Waals surface area contributed by atoms with Crippen molar-refractivity contribution in [3.8, 4) is 5.75 Å². The van der Waals surface area contributed by atoms with Gasteiger partial charge in [0.1, 0.15) is 5.75 Å². The number of methoxy groups -OCH3 is 1. The van der Waals surface area contributed by atoms with E-state index in [9.17, 15) is 9.59 Å². The Bertz CT molecular complexity index is 1020. The fourth-order valence-electron chi connectivity index (χ4n) is 5.74. The summed E-state index contributed by atoms with van der Waals surface area (Å²) in [6.07, 6.45) is 9.18. The van der Waals surface area contributed by atoms with Crippen molar-refractivity contribution in [2.45, 2.75) is 58.4 Å². The zero-order valence-electron chi connectivity index (χ0n) is 19.1. The molecule has 0 saturated heterocycles. The molecule has 3 saturated carbocycles. The van der Waals surface area contributed by atoms with Gasteiger partial charge in [0.2, 0.25) is 0 Å². The number of allylic oxidation sites excluding steroid dienone is 2. The fraction of sp³-hybridized carbons (Fsp3) is 0.538. The number of aliphatic carboxylic acids is 1. The van der Waals surface area contributed by atoms with Crippen molar-refractivity contribution in [3.63, 3.8) is 0 Å². The van der Waals surface area contributed by atoms with Crippen molar-refractivity contribution in [2.24, 2.45) is 23.2 Å². The molecule has 5 nitrogen and oxygen atoms in total. The van der Waals surface area contributed by atoms with Crippen molar-refractivity contribution in [3.05, 3.63) is 41.3 Å². The van der Waals surface area contributed by atoms with Gasteiger partial charge >= 0.3 is 5.97 Å². The topological polar surface area (TPSA) is 75.6 Å². The average molecular weight is 456 g/mol. The van der Waals surface area contributed by atoms with Gasteiger partial charge in [-0.2, -0.15) is 0 Å². The minimum absolute atomic E-state index is 0.00375. The lowest BCUT2D eigenvalue weighted by atomic mass is 9.44. The van der Waals surface area contributed by atoms with Crippen LogP contribution in [-0.2, 0) is 4.79 Å². The lowest BCUT2D eigenvalue weighted by molar-refractivity contribution is -0.137. The number of rotatable bonds is 9. The molecule has 3 aliphatic carbocycles. The van der Waals surface area contributed by atoms with Crippen LogP contribution in [0.25, 0.3) is 10.1 Å². The Balaban J connectivity index is 1.46. The summed E-state index contributed by atoms with van der Waals surface area (Å²) in [5.41, 5.74) is 1.05. The third-order valence-corrected chi connectivity index (χ3v) is 8.76. The molecule has 0 radical (unpaired) electrons. The number of carbonyl (C=O) groups is 2. The number of thiophene rings is 1. The summed E-state index contributed by atoms with van der Waals surface area (Å²) >= 11 is 1.59. The molecular weight excluding hydrogens is 422 g/mol. The van der Waals surface area contributed by atoms with Gasteiger partial charge in [-0.1, -0.05) is 26.0 Å². The molecule has 3 aliphatic rings. The van der Waals surface area contributed by atoms with Gasteiger partial charge in [0.15, 0.2) is 0 Å². The highest BCUT2D eigenvalue weighted by Gasteiger charge is 2.57. The predicted octanol–water partition coefficient (Wildman–Crippen LogP) is 5.89. The second-order valence-electron chi connectivity index (χ2n) is 9.84. The van der Waals surface area contributed by atoms with Crippen LogP contribution in [0.1, 0.15) is 62.7 Å². The fourth-order valence-corrected chi connectivity index (χ4v) is 6.66. The quantitative estimate of drug-likeness (QED) is 0.365. The zero-order valence-corrected chi connectivity index (χ0v) is 19.9. The molecule has 0 spiro atoms. The second-order valence-corrected chi connectivity index (χ2v) is 10.8. The summed E-state index contributed by atoms with van der Waals surface area (Å²) in [5.74, 6) is 1.70. The molecule has 3 fully saturated rings. The van der Waals surface area contributed by atoms with Gasteiger partial charge in [-0.25, -0.2) is 0 Å². The van der Waals surface area contributed by atoms with Gasteiger partial charge in [0.25, 0.3) is 5.91 Å². The van der Waals surface area contributed by atoms with E-state index in [0.717, 1.165) is 40.7 Å². The molecule has 0 unspecified atom stereocenters. The van der Waals surface area contributed by atoms with Crippen molar-refractivity contribution < 1.29 is 19.4 Å². The van der Waals surface area contributed by atoms with E-state index >= 15 is 0 Å². The molecule has 1 aromatic heterocycles. The SMILES string of the molecule is COc1ccc2scc(C(=O)N[C@H]3C[C@@H]4C[C@H]([C@H]3C/C=C\CCCC(=O)O)C4(C)C)c2c1. The molecule has 0 aliphatic heterocycles. The van der Waals surface area contributed by atoms with Crippen LogP contribution in [0.15, 0.2) is 35.7 Å². The highest BCUT2D eigenvalue weighted by Crippen LogP contribution is 2.62. The number of nitrogens with one attached hydrogen (secondary N) is 1. The van der Waals surface area contributed by atoms with Crippen LogP contribution in [0.2, 0.25) is 0 Å². The van der Waals surface area contributed by atoms with E-state index < -0.39 is 5.97 Å². The first-order valence-corrected chi connectivity index (χ1v) is 12.4. The second kappa shape index (κ2) is 9.26. The number of carboxylic acids is 1. The van der Waals surface area contributed by atoms with E-state index in [-0.39, 0.29) is 18.4 Å². The predicted molar refractivity (Wildman–Crippen MR) is 128 cm³/mol. The Morgan fingerprint density at radius 3 is 2.81 bits per heavy atom. The number of benzene rings is 1. The summed E-state index contributed by atoms with van der Waals surface area (Å²) < 4.78 is 6.44. The maximum atomic E-state index is 13.3. The standard InChI is InChI=1S/C26H33NO4S/c1-26(2)16-12-21(26)18(8-6-4-5-7-9-24(28)29)22(13-16)27-25(30)20-15-32-23-11-10-17(31-3)14-19(20)23/h4,6,10-11,14-16,18,21-22H,5,7-9,12-13H2,1-3H3,(H,27,30)(H,28,29)/b6-4-/t16-,18+,21+,22-/m0/s1. The molecule has 32 heavy (non-hydrogen) atoms. The molecule has 1 aromatic carbocycles. The van der Waals surface area contributed by atoms with Gasteiger partial charge in [0.05, 0.1) is 12.7 Å².